The summed E-state index contributed by atoms with van der Waals surface area (Å²) in [6.45, 7) is 4.31. The van der Waals surface area contributed by atoms with Crippen LogP contribution in [0.2, 0.25) is 0 Å². The summed E-state index contributed by atoms with van der Waals surface area (Å²) in [6.07, 6.45) is 0. The number of ether oxygens (including phenoxy) is 2. The molecule has 0 saturated heterocycles. The summed E-state index contributed by atoms with van der Waals surface area (Å²) in [6, 6.07) is 16.8. The Labute approximate surface area is 118 Å². The quantitative estimate of drug-likeness (QED) is 0.613. The lowest BCUT2D eigenvalue weighted by molar-refractivity contribution is 0.0600. The summed E-state index contributed by atoms with van der Waals surface area (Å²) in [4.78, 5) is 11.3. The van der Waals surface area contributed by atoms with E-state index < -0.39 is 0 Å². The lowest BCUT2D eigenvalue weighted by atomic mass is 10.1. The molecule has 0 aliphatic rings. The maximum atomic E-state index is 11.3. The van der Waals surface area contributed by atoms with Crippen LogP contribution in [0.5, 0.6) is 0 Å². The molecule has 102 valence electrons. The molecule has 0 bridgehead atoms. The molecule has 3 nitrogen and oxygen atoms in total. The third-order valence-electron chi connectivity index (χ3n) is 2.88. The monoisotopic (exact) mass is 268 g/mol. The molecular weight excluding hydrogens is 252 g/mol. The molecular formula is C17H16O3. The molecule has 0 fully saturated rings. The van der Waals surface area contributed by atoms with E-state index in [1.807, 2.05) is 42.5 Å². The summed E-state index contributed by atoms with van der Waals surface area (Å²) >= 11 is 0. The second kappa shape index (κ2) is 6.57. The van der Waals surface area contributed by atoms with Crippen molar-refractivity contribution < 1.29 is 14.3 Å². The van der Waals surface area contributed by atoms with Crippen LogP contribution in [0.1, 0.15) is 21.5 Å². The van der Waals surface area contributed by atoms with Gasteiger partial charge in [0.25, 0.3) is 0 Å². The van der Waals surface area contributed by atoms with Crippen LogP contribution in [0.25, 0.3) is 5.76 Å². The highest BCUT2D eigenvalue weighted by Gasteiger charge is 2.05. The fourth-order valence-electron chi connectivity index (χ4n) is 1.73. The number of rotatable bonds is 5. The van der Waals surface area contributed by atoms with Crippen LogP contribution in [0.4, 0.5) is 0 Å². The highest BCUT2D eigenvalue weighted by molar-refractivity contribution is 5.89. The SMILES string of the molecule is C=C(OCc1ccc(C(=O)OC)cc1)c1ccccc1. The Morgan fingerprint density at radius 1 is 1.00 bits per heavy atom. The van der Waals surface area contributed by atoms with Gasteiger partial charge in [0.2, 0.25) is 0 Å². The molecule has 2 aromatic rings. The zero-order valence-corrected chi connectivity index (χ0v) is 11.3. The largest absolute Gasteiger partial charge is 0.489 e. The molecule has 3 heteroatoms. The van der Waals surface area contributed by atoms with Crippen molar-refractivity contribution in [1.29, 1.82) is 0 Å². The van der Waals surface area contributed by atoms with E-state index in [0.29, 0.717) is 17.9 Å². The lowest BCUT2D eigenvalue weighted by Gasteiger charge is -2.09. The summed E-state index contributed by atoms with van der Waals surface area (Å²) < 4.78 is 10.3. The normalized spacial score (nSPS) is 9.85. The predicted octanol–water partition coefficient (Wildman–Crippen LogP) is 3.66. The third-order valence-corrected chi connectivity index (χ3v) is 2.88. The Balaban J connectivity index is 1.94. The van der Waals surface area contributed by atoms with Gasteiger partial charge in [-0.25, -0.2) is 4.79 Å². The van der Waals surface area contributed by atoms with E-state index in [2.05, 4.69) is 11.3 Å². The Bertz CT molecular complexity index is 585. The first-order chi connectivity index (χ1) is 9.70. The summed E-state index contributed by atoms with van der Waals surface area (Å²) in [7, 11) is 1.36. The van der Waals surface area contributed by atoms with Crippen molar-refractivity contribution in [3.05, 3.63) is 77.9 Å². The van der Waals surface area contributed by atoms with Crippen LogP contribution < -0.4 is 0 Å². The van der Waals surface area contributed by atoms with Crippen molar-refractivity contribution in [2.24, 2.45) is 0 Å². The average Bonchev–Trinajstić information content (AvgIpc) is 2.53. The standard InChI is InChI=1S/C17H16O3/c1-13(15-6-4-3-5-7-15)20-12-14-8-10-16(11-9-14)17(18)19-2/h3-11H,1,12H2,2H3. The molecule has 0 amide bonds. The molecule has 0 unspecified atom stereocenters. The number of hydrogen-bond donors (Lipinski definition) is 0. The number of carbonyl (C=O) groups is 1. The first-order valence-electron chi connectivity index (χ1n) is 6.25. The Kier molecular flexibility index (Phi) is 4.56. The van der Waals surface area contributed by atoms with Gasteiger partial charge >= 0.3 is 5.97 Å². The number of hydrogen-bond acceptors (Lipinski definition) is 3. The van der Waals surface area contributed by atoms with Crippen molar-refractivity contribution in [1.82, 2.24) is 0 Å². The Morgan fingerprint density at radius 2 is 1.65 bits per heavy atom. The molecule has 0 N–H and O–H groups in total. The molecule has 0 radical (unpaired) electrons. The van der Waals surface area contributed by atoms with Crippen LogP contribution in [-0.2, 0) is 16.1 Å². The molecule has 0 saturated carbocycles. The minimum absolute atomic E-state index is 0.342. The van der Waals surface area contributed by atoms with Gasteiger partial charge in [-0.3, -0.25) is 0 Å². The van der Waals surface area contributed by atoms with E-state index in [-0.39, 0.29) is 5.97 Å². The van der Waals surface area contributed by atoms with Gasteiger partial charge in [-0.15, -0.1) is 0 Å². The van der Waals surface area contributed by atoms with Crippen molar-refractivity contribution in [2.45, 2.75) is 6.61 Å². The first-order valence-corrected chi connectivity index (χ1v) is 6.25. The maximum Gasteiger partial charge on any atom is 0.337 e. The molecule has 0 aromatic heterocycles. The number of methoxy groups -OCH3 is 1. The molecule has 20 heavy (non-hydrogen) atoms. The third kappa shape index (κ3) is 3.48. The molecule has 2 rings (SSSR count). The smallest absolute Gasteiger partial charge is 0.337 e. The number of benzene rings is 2. The fourth-order valence-corrected chi connectivity index (χ4v) is 1.73. The van der Waals surface area contributed by atoms with Gasteiger partial charge < -0.3 is 9.47 Å². The van der Waals surface area contributed by atoms with Gasteiger partial charge in [0.1, 0.15) is 12.4 Å². The highest BCUT2D eigenvalue weighted by atomic mass is 16.5. The van der Waals surface area contributed by atoms with Crippen molar-refractivity contribution in [2.75, 3.05) is 7.11 Å². The summed E-state index contributed by atoms with van der Waals surface area (Å²) in [5.74, 6) is 0.286. The topological polar surface area (TPSA) is 35.5 Å². The average molecular weight is 268 g/mol. The zero-order valence-electron chi connectivity index (χ0n) is 11.3. The summed E-state index contributed by atoms with van der Waals surface area (Å²) in [5.41, 5.74) is 2.45. The molecule has 2 aromatic carbocycles. The minimum Gasteiger partial charge on any atom is -0.489 e. The Hall–Kier alpha value is -2.55. The first kappa shape index (κ1) is 13.9. The van der Waals surface area contributed by atoms with E-state index in [0.717, 1.165) is 11.1 Å². The van der Waals surface area contributed by atoms with E-state index in [9.17, 15) is 4.79 Å². The number of carbonyl (C=O) groups excluding carboxylic acids is 1. The van der Waals surface area contributed by atoms with Crippen molar-refractivity contribution in [3.63, 3.8) is 0 Å². The van der Waals surface area contributed by atoms with E-state index in [4.69, 9.17) is 4.74 Å². The van der Waals surface area contributed by atoms with Crippen molar-refractivity contribution in [3.8, 4) is 0 Å². The van der Waals surface area contributed by atoms with Crippen LogP contribution in [-0.4, -0.2) is 13.1 Å². The lowest BCUT2D eigenvalue weighted by Crippen LogP contribution is -2.01. The zero-order chi connectivity index (χ0) is 14.4. The Morgan fingerprint density at radius 3 is 2.25 bits per heavy atom. The van der Waals surface area contributed by atoms with Gasteiger partial charge in [-0.05, 0) is 17.7 Å². The maximum absolute atomic E-state index is 11.3. The predicted molar refractivity (Wildman–Crippen MR) is 78.0 cm³/mol. The van der Waals surface area contributed by atoms with Crippen LogP contribution >= 0.6 is 0 Å². The second-order valence-electron chi connectivity index (χ2n) is 4.27. The van der Waals surface area contributed by atoms with Gasteiger partial charge in [-0.1, -0.05) is 49.0 Å². The molecule has 0 spiro atoms. The van der Waals surface area contributed by atoms with Gasteiger partial charge in [0.05, 0.1) is 12.7 Å². The fraction of sp³-hybridized carbons (Fsp3) is 0.118. The van der Waals surface area contributed by atoms with Gasteiger partial charge in [-0.2, -0.15) is 0 Å². The van der Waals surface area contributed by atoms with Gasteiger partial charge in [0, 0.05) is 5.56 Å². The molecule has 0 atom stereocenters. The number of esters is 1. The summed E-state index contributed by atoms with van der Waals surface area (Å²) in [5, 5.41) is 0. The van der Waals surface area contributed by atoms with Crippen LogP contribution in [0.3, 0.4) is 0 Å². The van der Waals surface area contributed by atoms with Crippen LogP contribution in [0.15, 0.2) is 61.2 Å². The minimum atomic E-state index is -0.342. The van der Waals surface area contributed by atoms with Crippen LogP contribution in [0, 0.1) is 0 Å². The van der Waals surface area contributed by atoms with E-state index in [1.54, 1.807) is 12.1 Å². The van der Waals surface area contributed by atoms with E-state index in [1.165, 1.54) is 7.11 Å². The van der Waals surface area contributed by atoms with E-state index >= 15 is 0 Å². The highest BCUT2D eigenvalue weighted by Crippen LogP contribution is 2.16. The van der Waals surface area contributed by atoms with Crippen molar-refractivity contribution >= 4 is 11.7 Å². The molecule has 0 aliphatic carbocycles. The molecule has 0 aliphatic heterocycles. The van der Waals surface area contributed by atoms with Gasteiger partial charge in [0.15, 0.2) is 0 Å². The molecule has 0 heterocycles. The second-order valence-corrected chi connectivity index (χ2v) is 4.27.